The molecular weight excluding hydrogens is 348 g/mol. The van der Waals surface area contributed by atoms with Gasteiger partial charge in [0, 0.05) is 18.4 Å². The number of allylic oxidation sites excluding steroid dienone is 3. The summed E-state index contributed by atoms with van der Waals surface area (Å²) >= 11 is 0. The molecule has 1 aliphatic heterocycles. The summed E-state index contributed by atoms with van der Waals surface area (Å²) in [6.45, 7) is 0. The standard InChI is InChI=1S/C24H22N2O2/c1-26-22-8-3-2-5-16(22)9-10-20-14-18(11-12-23(20)26)17-6-4-7-19(13-17)21(15-25)24(27)28/h2-3,5,8,11-14H,4,6-7,9-10H2,1H3,(H,27,28)/b21-19-. The van der Waals surface area contributed by atoms with Gasteiger partial charge in [0.2, 0.25) is 0 Å². The van der Waals surface area contributed by atoms with Gasteiger partial charge in [0.25, 0.3) is 0 Å². The van der Waals surface area contributed by atoms with Gasteiger partial charge in [-0.25, -0.2) is 4.79 Å². The van der Waals surface area contributed by atoms with Crippen molar-refractivity contribution < 1.29 is 9.90 Å². The van der Waals surface area contributed by atoms with Crippen molar-refractivity contribution in [2.24, 2.45) is 0 Å². The van der Waals surface area contributed by atoms with E-state index in [4.69, 9.17) is 0 Å². The number of aryl methyl sites for hydroxylation is 2. The molecular formula is C24H22N2O2. The number of hydrogen-bond donors (Lipinski definition) is 1. The van der Waals surface area contributed by atoms with E-state index < -0.39 is 5.97 Å². The van der Waals surface area contributed by atoms with E-state index in [1.54, 1.807) is 0 Å². The van der Waals surface area contributed by atoms with Gasteiger partial charge in [-0.2, -0.15) is 5.26 Å². The van der Waals surface area contributed by atoms with E-state index in [9.17, 15) is 15.2 Å². The Morgan fingerprint density at radius 3 is 2.57 bits per heavy atom. The van der Waals surface area contributed by atoms with Crippen LogP contribution in [0.5, 0.6) is 0 Å². The van der Waals surface area contributed by atoms with E-state index in [-0.39, 0.29) is 5.57 Å². The molecule has 0 radical (unpaired) electrons. The predicted molar refractivity (Wildman–Crippen MR) is 110 cm³/mol. The van der Waals surface area contributed by atoms with Crippen LogP contribution in [0.25, 0.3) is 5.57 Å². The maximum absolute atomic E-state index is 11.3. The first-order valence-corrected chi connectivity index (χ1v) is 9.60. The normalized spacial score (nSPS) is 17.6. The highest BCUT2D eigenvalue weighted by atomic mass is 16.4. The van der Waals surface area contributed by atoms with Gasteiger partial charge >= 0.3 is 5.97 Å². The molecule has 0 unspecified atom stereocenters. The predicted octanol–water partition coefficient (Wildman–Crippen LogP) is 5.03. The SMILES string of the molecule is CN1c2ccccc2CCc2cc(C3=C/C(=C(/C#N)C(=O)O)CCC3)ccc21. The molecule has 0 aromatic heterocycles. The molecule has 140 valence electrons. The Bertz CT molecular complexity index is 1060. The van der Waals surface area contributed by atoms with Crippen molar-refractivity contribution in [1.29, 1.82) is 5.26 Å². The van der Waals surface area contributed by atoms with Crippen molar-refractivity contribution in [3.8, 4) is 6.07 Å². The van der Waals surface area contributed by atoms with Crippen LogP contribution in [0.1, 0.15) is 36.0 Å². The third kappa shape index (κ3) is 3.20. The molecule has 0 amide bonds. The Hall–Kier alpha value is -3.32. The van der Waals surface area contributed by atoms with E-state index >= 15 is 0 Å². The molecule has 4 rings (SSSR count). The number of hydrogen-bond acceptors (Lipinski definition) is 3. The van der Waals surface area contributed by atoms with Crippen molar-refractivity contribution in [2.45, 2.75) is 32.1 Å². The number of carboxylic acids is 1. The first-order valence-electron chi connectivity index (χ1n) is 9.60. The van der Waals surface area contributed by atoms with Crippen LogP contribution < -0.4 is 4.90 Å². The summed E-state index contributed by atoms with van der Waals surface area (Å²) in [5, 5.41) is 18.5. The van der Waals surface area contributed by atoms with Gasteiger partial charge in [-0.15, -0.1) is 0 Å². The summed E-state index contributed by atoms with van der Waals surface area (Å²) < 4.78 is 0. The molecule has 2 aromatic carbocycles. The lowest BCUT2D eigenvalue weighted by Gasteiger charge is -2.23. The van der Waals surface area contributed by atoms with Crippen LogP contribution in [-0.2, 0) is 17.6 Å². The molecule has 2 aliphatic rings. The number of para-hydroxylation sites is 1. The lowest BCUT2D eigenvalue weighted by molar-refractivity contribution is -0.132. The van der Waals surface area contributed by atoms with Crippen molar-refractivity contribution in [3.63, 3.8) is 0 Å². The monoisotopic (exact) mass is 370 g/mol. The van der Waals surface area contributed by atoms with Crippen LogP contribution in [0.4, 0.5) is 11.4 Å². The Morgan fingerprint density at radius 1 is 1.04 bits per heavy atom. The number of carboxylic acid groups (broad SMARTS) is 1. The first kappa shape index (κ1) is 18.1. The average Bonchev–Trinajstić information content (AvgIpc) is 2.85. The van der Waals surface area contributed by atoms with Crippen molar-refractivity contribution >= 4 is 22.9 Å². The van der Waals surface area contributed by atoms with E-state index in [2.05, 4.69) is 54.4 Å². The van der Waals surface area contributed by atoms with Gasteiger partial charge in [0.05, 0.1) is 0 Å². The lowest BCUT2D eigenvalue weighted by atomic mass is 9.87. The molecule has 0 fully saturated rings. The van der Waals surface area contributed by atoms with E-state index in [0.29, 0.717) is 12.0 Å². The first-order chi connectivity index (χ1) is 13.6. The molecule has 0 atom stereocenters. The minimum atomic E-state index is -1.14. The third-order valence-corrected chi connectivity index (χ3v) is 5.72. The Balaban J connectivity index is 1.74. The summed E-state index contributed by atoms with van der Waals surface area (Å²) in [7, 11) is 2.11. The van der Waals surface area contributed by atoms with Gasteiger partial charge in [0.15, 0.2) is 0 Å². The average molecular weight is 370 g/mol. The second-order valence-electron chi connectivity index (χ2n) is 7.37. The molecule has 0 saturated carbocycles. The fraction of sp³-hybridized carbons (Fsp3) is 0.250. The third-order valence-electron chi connectivity index (χ3n) is 5.72. The van der Waals surface area contributed by atoms with Gasteiger partial charge in [-0.1, -0.05) is 30.3 Å². The molecule has 4 heteroatoms. The van der Waals surface area contributed by atoms with Crippen LogP contribution in [0.3, 0.4) is 0 Å². The molecule has 28 heavy (non-hydrogen) atoms. The Morgan fingerprint density at radius 2 is 1.79 bits per heavy atom. The van der Waals surface area contributed by atoms with Crippen molar-refractivity contribution in [1.82, 2.24) is 0 Å². The van der Waals surface area contributed by atoms with Crippen LogP contribution in [-0.4, -0.2) is 18.1 Å². The maximum atomic E-state index is 11.3. The number of rotatable bonds is 2. The summed E-state index contributed by atoms with van der Waals surface area (Å²) in [4.78, 5) is 13.6. The summed E-state index contributed by atoms with van der Waals surface area (Å²) in [5.41, 5.74) is 7.84. The second-order valence-corrected chi connectivity index (χ2v) is 7.37. The molecule has 2 aromatic rings. The lowest BCUT2D eigenvalue weighted by Crippen LogP contribution is -2.11. The number of anilines is 2. The molecule has 0 spiro atoms. The zero-order valence-electron chi connectivity index (χ0n) is 15.9. The fourth-order valence-corrected chi connectivity index (χ4v) is 4.27. The zero-order valence-corrected chi connectivity index (χ0v) is 15.9. The molecule has 4 nitrogen and oxygen atoms in total. The number of benzene rings is 2. The van der Waals surface area contributed by atoms with Gasteiger partial charge in [-0.05, 0) is 78.1 Å². The number of nitrogens with zero attached hydrogens (tertiary/aromatic N) is 2. The fourth-order valence-electron chi connectivity index (χ4n) is 4.27. The smallest absolute Gasteiger partial charge is 0.346 e. The van der Waals surface area contributed by atoms with Crippen LogP contribution in [0.15, 0.2) is 59.7 Å². The van der Waals surface area contributed by atoms with E-state index in [0.717, 1.165) is 36.8 Å². The maximum Gasteiger partial charge on any atom is 0.346 e. The van der Waals surface area contributed by atoms with Gasteiger partial charge in [0.1, 0.15) is 11.6 Å². The summed E-state index contributed by atoms with van der Waals surface area (Å²) in [6, 6.07) is 16.9. The highest BCUT2D eigenvalue weighted by molar-refractivity contribution is 5.93. The van der Waals surface area contributed by atoms with Gasteiger partial charge in [-0.3, -0.25) is 0 Å². The Kier molecular flexibility index (Phi) is 4.75. The zero-order chi connectivity index (χ0) is 19.7. The van der Waals surface area contributed by atoms with Crippen LogP contribution in [0.2, 0.25) is 0 Å². The largest absolute Gasteiger partial charge is 0.477 e. The van der Waals surface area contributed by atoms with E-state index in [1.165, 1.54) is 22.5 Å². The second kappa shape index (κ2) is 7.36. The molecule has 1 heterocycles. The number of aliphatic carboxylic acids is 1. The van der Waals surface area contributed by atoms with Crippen LogP contribution >= 0.6 is 0 Å². The summed E-state index contributed by atoms with van der Waals surface area (Å²) in [6.07, 6.45) is 6.28. The van der Waals surface area contributed by atoms with Gasteiger partial charge < -0.3 is 10.0 Å². The highest BCUT2D eigenvalue weighted by Gasteiger charge is 2.20. The highest BCUT2D eigenvalue weighted by Crippen LogP contribution is 2.38. The molecule has 0 bridgehead atoms. The summed E-state index contributed by atoms with van der Waals surface area (Å²) in [5.74, 6) is -1.14. The molecule has 1 N–H and O–H groups in total. The quantitative estimate of drug-likeness (QED) is 0.595. The van der Waals surface area contributed by atoms with Crippen molar-refractivity contribution in [3.05, 3.63) is 76.4 Å². The van der Waals surface area contributed by atoms with Crippen LogP contribution in [0, 0.1) is 11.3 Å². The molecule has 0 saturated heterocycles. The minimum absolute atomic E-state index is 0.137. The number of carbonyl (C=O) groups is 1. The Labute approximate surface area is 165 Å². The minimum Gasteiger partial charge on any atom is -0.477 e. The molecule has 1 aliphatic carbocycles. The number of nitriles is 1. The van der Waals surface area contributed by atoms with Crippen molar-refractivity contribution in [2.75, 3.05) is 11.9 Å². The topological polar surface area (TPSA) is 64.3 Å². The number of fused-ring (bicyclic) bond motifs is 2. The van der Waals surface area contributed by atoms with E-state index in [1.807, 2.05) is 12.1 Å².